The maximum atomic E-state index is 13.0. The van der Waals surface area contributed by atoms with E-state index >= 15 is 0 Å². The molecule has 0 aromatic rings. The van der Waals surface area contributed by atoms with Crippen LogP contribution in [0.5, 0.6) is 0 Å². The van der Waals surface area contributed by atoms with Gasteiger partial charge in [0.15, 0.2) is 0 Å². The van der Waals surface area contributed by atoms with E-state index in [1.807, 2.05) is 0 Å². The molecule has 0 heterocycles. The van der Waals surface area contributed by atoms with Gasteiger partial charge < -0.3 is 5.11 Å². The molecule has 3 fully saturated rings. The second-order valence-corrected chi connectivity index (χ2v) is 8.25. The molecular weight excluding hydrogens is 334 g/mol. The van der Waals surface area contributed by atoms with Gasteiger partial charge in [0.05, 0.1) is 0 Å². The normalized spacial score (nSPS) is 42.6. The molecule has 1 N–H and O–H groups in total. The van der Waals surface area contributed by atoms with Gasteiger partial charge in [0.1, 0.15) is 0 Å². The lowest BCUT2D eigenvalue weighted by Crippen LogP contribution is -2.58. The van der Waals surface area contributed by atoms with Crippen LogP contribution in [-0.2, 0) is 0 Å². The number of aliphatic hydroxyl groups is 1. The van der Waals surface area contributed by atoms with Crippen LogP contribution in [-0.4, -0.2) is 23.1 Å². The molecule has 3 aliphatic rings. The lowest BCUT2D eigenvalue weighted by molar-refractivity contribution is -0.373. The van der Waals surface area contributed by atoms with E-state index in [9.17, 15) is 31.4 Å². The monoisotopic (exact) mass is 358 g/mol. The van der Waals surface area contributed by atoms with Gasteiger partial charge in [-0.1, -0.05) is 20.3 Å². The van der Waals surface area contributed by atoms with Gasteiger partial charge in [-0.2, -0.15) is 26.3 Å². The molecule has 24 heavy (non-hydrogen) atoms. The van der Waals surface area contributed by atoms with Crippen LogP contribution >= 0.6 is 0 Å². The minimum atomic E-state index is -5.69. The Labute approximate surface area is 137 Å². The summed E-state index contributed by atoms with van der Waals surface area (Å²) in [6.45, 7) is 4.18. The first-order valence-electron chi connectivity index (χ1n) is 8.76. The van der Waals surface area contributed by atoms with E-state index in [2.05, 4.69) is 13.8 Å². The fraction of sp³-hybridized carbons (Fsp3) is 1.00. The standard InChI is InChI=1S/C17H24F6O/c1-3-9-4-8(2)13-12-6-10(14(9)13)5-11(12)7-15(24,16(18,19)20)17(21,22)23/h8-14,24H,3-7H2,1-2H3. The van der Waals surface area contributed by atoms with Crippen LogP contribution in [0, 0.1) is 41.4 Å². The Kier molecular flexibility index (Phi) is 4.21. The molecule has 3 saturated carbocycles. The van der Waals surface area contributed by atoms with Crippen molar-refractivity contribution in [1.82, 2.24) is 0 Å². The van der Waals surface area contributed by atoms with E-state index in [1.54, 1.807) is 0 Å². The zero-order valence-electron chi connectivity index (χ0n) is 13.8. The van der Waals surface area contributed by atoms with E-state index in [-0.39, 0.29) is 17.8 Å². The molecular formula is C17H24F6O. The fourth-order valence-electron chi connectivity index (χ4n) is 6.32. The van der Waals surface area contributed by atoms with Gasteiger partial charge in [0, 0.05) is 0 Å². The summed E-state index contributed by atoms with van der Waals surface area (Å²) in [5.74, 6) is 1.00. The molecule has 7 unspecified atom stereocenters. The summed E-state index contributed by atoms with van der Waals surface area (Å²) in [7, 11) is 0. The molecule has 7 atom stereocenters. The van der Waals surface area contributed by atoms with Gasteiger partial charge >= 0.3 is 12.4 Å². The van der Waals surface area contributed by atoms with Crippen molar-refractivity contribution in [3.8, 4) is 0 Å². The molecule has 1 nitrogen and oxygen atoms in total. The van der Waals surface area contributed by atoms with Crippen LogP contribution in [0.15, 0.2) is 0 Å². The Morgan fingerprint density at radius 2 is 1.46 bits per heavy atom. The third-order valence-electron chi connectivity index (χ3n) is 7.16. The molecule has 0 aromatic carbocycles. The summed E-state index contributed by atoms with van der Waals surface area (Å²) < 4.78 is 77.9. The number of alkyl halides is 6. The Balaban J connectivity index is 1.82. The van der Waals surface area contributed by atoms with Crippen molar-refractivity contribution in [2.75, 3.05) is 0 Å². The molecule has 2 bridgehead atoms. The number of fused-ring (bicyclic) bond motifs is 5. The van der Waals surface area contributed by atoms with Gasteiger partial charge in [0.2, 0.25) is 0 Å². The average molecular weight is 358 g/mol. The Bertz CT molecular complexity index is 470. The molecule has 3 rings (SSSR count). The Morgan fingerprint density at radius 3 is 1.96 bits per heavy atom. The van der Waals surface area contributed by atoms with Crippen LogP contribution in [0.25, 0.3) is 0 Å². The summed E-state index contributed by atoms with van der Waals surface area (Å²) >= 11 is 0. The predicted octanol–water partition coefficient (Wildman–Crippen LogP) is 5.19. The van der Waals surface area contributed by atoms with Crippen molar-refractivity contribution >= 4 is 0 Å². The van der Waals surface area contributed by atoms with Crippen LogP contribution in [0.1, 0.15) is 46.0 Å². The molecule has 140 valence electrons. The van der Waals surface area contributed by atoms with Crippen LogP contribution in [0.3, 0.4) is 0 Å². The smallest absolute Gasteiger partial charge is 0.374 e. The maximum Gasteiger partial charge on any atom is 0.426 e. The Hall–Kier alpha value is -0.460. The average Bonchev–Trinajstić information content (AvgIpc) is 3.07. The molecule has 0 spiro atoms. The molecule has 0 aliphatic heterocycles. The van der Waals surface area contributed by atoms with Gasteiger partial charge in [0.25, 0.3) is 5.60 Å². The van der Waals surface area contributed by atoms with Crippen LogP contribution in [0.4, 0.5) is 26.3 Å². The molecule has 0 saturated heterocycles. The van der Waals surface area contributed by atoms with Crippen molar-refractivity contribution in [1.29, 1.82) is 0 Å². The van der Waals surface area contributed by atoms with Crippen molar-refractivity contribution in [2.45, 2.75) is 63.9 Å². The van der Waals surface area contributed by atoms with Gasteiger partial charge in [-0.05, 0) is 67.1 Å². The second kappa shape index (κ2) is 5.52. The molecule has 0 aromatic heterocycles. The molecule has 0 radical (unpaired) electrons. The lowest BCUT2D eigenvalue weighted by Gasteiger charge is -2.40. The van der Waals surface area contributed by atoms with Crippen molar-refractivity contribution in [2.24, 2.45) is 41.4 Å². The van der Waals surface area contributed by atoms with E-state index in [0.717, 1.165) is 19.3 Å². The van der Waals surface area contributed by atoms with E-state index in [1.165, 1.54) is 0 Å². The zero-order valence-corrected chi connectivity index (χ0v) is 13.8. The Morgan fingerprint density at radius 1 is 0.875 bits per heavy atom. The SMILES string of the molecule is CCC1CC(C)C2C3CC(CC3CC(O)(C(F)(F)F)C(F)(F)F)C12. The maximum absolute atomic E-state index is 13.0. The van der Waals surface area contributed by atoms with E-state index in [0.29, 0.717) is 24.2 Å². The van der Waals surface area contributed by atoms with Gasteiger partial charge in [-0.3, -0.25) is 0 Å². The summed E-state index contributed by atoms with van der Waals surface area (Å²) in [5.41, 5.74) is -4.59. The first kappa shape index (κ1) is 18.3. The minimum Gasteiger partial charge on any atom is -0.374 e. The largest absolute Gasteiger partial charge is 0.426 e. The molecule has 7 heteroatoms. The number of hydrogen-bond acceptors (Lipinski definition) is 1. The predicted molar refractivity (Wildman–Crippen MR) is 75.9 cm³/mol. The number of rotatable bonds is 3. The number of halogens is 6. The third kappa shape index (κ3) is 2.48. The second-order valence-electron chi connectivity index (χ2n) is 8.25. The molecule has 0 amide bonds. The summed E-state index contributed by atoms with van der Waals surface area (Å²) in [4.78, 5) is 0. The van der Waals surface area contributed by atoms with Crippen LogP contribution in [0.2, 0.25) is 0 Å². The highest BCUT2D eigenvalue weighted by Gasteiger charge is 2.72. The number of hydrogen-bond donors (Lipinski definition) is 1. The van der Waals surface area contributed by atoms with E-state index < -0.39 is 30.3 Å². The summed E-state index contributed by atoms with van der Waals surface area (Å²) in [5, 5.41) is 9.53. The van der Waals surface area contributed by atoms with Gasteiger partial charge in [-0.15, -0.1) is 0 Å². The minimum absolute atomic E-state index is 0.109. The third-order valence-corrected chi connectivity index (χ3v) is 7.16. The van der Waals surface area contributed by atoms with Crippen LogP contribution < -0.4 is 0 Å². The van der Waals surface area contributed by atoms with Gasteiger partial charge in [-0.25, -0.2) is 0 Å². The highest BCUT2D eigenvalue weighted by molar-refractivity contribution is 5.09. The van der Waals surface area contributed by atoms with Crippen molar-refractivity contribution < 1.29 is 31.4 Å². The lowest BCUT2D eigenvalue weighted by atomic mass is 9.68. The first-order chi connectivity index (χ1) is 10.9. The van der Waals surface area contributed by atoms with Crippen molar-refractivity contribution in [3.63, 3.8) is 0 Å². The summed E-state index contributed by atoms with van der Waals surface area (Å²) in [6.07, 6.45) is -9.47. The fourth-order valence-corrected chi connectivity index (χ4v) is 6.32. The highest BCUT2D eigenvalue weighted by Crippen LogP contribution is 2.66. The quantitative estimate of drug-likeness (QED) is 0.689. The highest BCUT2D eigenvalue weighted by atomic mass is 19.4. The van der Waals surface area contributed by atoms with E-state index in [4.69, 9.17) is 0 Å². The topological polar surface area (TPSA) is 20.2 Å². The zero-order chi connectivity index (χ0) is 18.1. The van der Waals surface area contributed by atoms with Crippen molar-refractivity contribution in [3.05, 3.63) is 0 Å². The molecule has 3 aliphatic carbocycles. The first-order valence-corrected chi connectivity index (χ1v) is 8.76. The summed E-state index contributed by atoms with van der Waals surface area (Å²) in [6, 6.07) is 0.